The van der Waals surface area contributed by atoms with E-state index in [1.807, 2.05) is 0 Å². The maximum atomic E-state index is 11.2. The van der Waals surface area contributed by atoms with Crippen LogP contribution >= 0.6 is 23.2 Å². The summed E-state index contributed by atoms with van der Waals surface area (Å²) in [4.78, 5) is 21.5. The fourth-order valence-electron chi connectivity index (χ4n) is 1.48. The minimum absolute atomic E-state index is 0.168. The molecule has 1 rings (SSSR count). The molecule has 0 fully saturated rings. The third-order valence-electron chi connectivity index (χ3n) is 2.40. The minimum atomic E-state index is -0.697. The number of benzene rings is 1. The van der Waals surface area contributed by atoms with Crippen LogP contribution in [0.15, 0.2) is 18.2 Å². The first-order chi connectivity index (χ1) is 8.43. The van der Waals surface area contributed by atoms with Crippen molar-refractivity contribution in [1.29, 1.82) is 0 Å². The van der Waals surface area contributed by atoms with Crippen LogP contribution in [0, 0.1) is 5.92 Å². The highest BCUT2D eigenvalue weighted by atomic mass is 35.5. The van der Waals surface area contributed by atoms with E-state index in [1.54, 1.807) is 18.2 Å². The Labute approximate surface area is 114 Å². The summed E-state index contributed by atoms with van der Waals surface area (Å²) in [6.45, 7) is -0.168. The summed E-state index contributed by atoms with van der Waals surface area (Å²) in [7, 11) is 0. The minimum Gasteiger partial charge on any atom is -0.369 e. The Balaban J connectivity index is 2.79. The van der Waals surface area contributed by atoms with E-state index < -0.39 is 11.8 Å². The SMILES string of the molecule is NC(=O)C(Cc1ccc(Cl)c(Cl)c1)CN(O)C=O. The molecule has 0 radical (unpaired) electrons. The Hall–Kier alpha value is -1.30. The van der Waals surface area contributed by atoms with Gasteiger partial charge in [0.2, 0.25) is 12.3 Å². The summed E-state index contributed by atoms with van der Waals surface area (Å²) in [5.41, 5.74) is 5.95. The first-order valence-corrected chi connectivity index (χ1v) is 5.83. The molecule has 1 unspecified atom stereocenters. The van der Waals surface area contributed by atoms with E-state index in [-0.39, 0.29) is 19.4 Å². The van der Waals surface area contributed by atoms with Crippen molar-refractivity contribution in [3.63, 3.8) is 0 Å². The summed E-state index contributed by atoms with van der Waals surface area (Å²) < 4.78 is 0. The van der Waals surface area contributed by atoms with Crippen molar-refractivity contribution in [2.75, 3.05) is 6.54 Å². The molecule has 98 valence electrons. The predicted octanol–water partition coefficient (Wildman–Crippen LogP) is 1.48. The molecule has 0 aliphatic heterocycles. The lowest BCUT2D eigenvalue weighted by Gasteiger charge is -2.17. The number of nitrogens with two attached hydrogens (primary N) is 1. The molecular formula is C11H12Cl2N2O3. The highest BCUT2D eigenvalue weighted by Gasteiger charge is 2.19. The van der Waals surface area contributed by atoms with Crippen molar-refractivity contribution >= 4 is 35.5 Å². The molecule has 1 aromatic carbocycles. The van der Waals surface area contributed by atoms with E-state index in [0.717, 1.165) is 5.56 Å². The number of carbonyl (C=O) groups is 2. The van der Waals surface area contributed by atoms with E-state index in [0.29, 0.717) is 15.1 Å². The number of halogens is 2. The molecule has 0 bridgehead atoms. The molecule has 0 aromatic heterocycles. The van der Waals surface area contributed by atoms with E-state index in [1.165, 1.54) is 0 Å². The van der Waals surface area contributed by atoms with Crippen LogP contribution in [0.2, 0.25) is 10.0 Å². The summed E-state index contributed by atoms with van der Waals surface area (Å²) in [6.07, 6.45) is 0.474. The first-order valence-electron chi connectivity index (χ1n) is 5.08. The molecule has 0 spiro atoms. The highest BCUT2D eigenvalue weighted by molar-refractivity contribution is 6.42. The average Bonchev–Trinajstić information content (AvgIpc) is 2.32. The lowest BCUT2D eigenvalue weighted by atomic mass is 9.98. The van der Waals surface area contributed by atoms with Crippen molar-refractivity contribution < 1.29 is 14.8 Å². The molecule has 1 aromatic rings. The zero-order chi connectivity index (χ0) is 13.7. The zero-order valence-electron chi connectivity index (χ0n) is 9.35. The van der Waals surface area contributed by atoms with Crippen molar-refractivity contribution in [2.45, 2.75) is 6.42 Å². The van der Waals surface area contributed by atoms with Gasteiger partial charge in [0.05, 0.1) is 22.5 Å². The van der Waals surface area contributed by atoms with Crippen LogP contribution in [0.4, 0.5) is 0 Å². The van der Waals surface area contributed by atoms with Gasteiger partial charge in [0.25, 0.3) is 0 Å². The van der Waals surface area contributed by atoms with Crippen LogP contribution in [0.3, 0.4) is 0 Å². The Bertz CT molecular complexity index is 454. The molecule has 3 N–H and O–H groups in total. The van der Waals surface area contributed by atoms with Crippen molar-refractivity contribution in [3.05, 3.63) is 33.8 Å². The van der Waals surface area contributed by atoms with E-state index in [2.05, 4.69) is 0 Å². The third kappa shape index (κ3) is 4.18. The largest absolute Gasteiger partial charge is 0.369 e. The molecule has 1 atom stereocenters. The number of primary amides is 1. The topological polar surface area (TPSA) is 83.6 Å². The van der Waals surface area contributed by atoms with Crippen LogP contribution in [-0.4, -0.2) is 29.1 Å². The second kappa shape index (κ2) is 6.58. The van der Waals surface area contributed by atoms with Gasteiger partial charge in [0.15, 0.2) is 0 Å². The number of amides is 2. The Morgan fingerprint density at radius 1 is 1.44 bits per heavy atom. The van der Waals surface area contributed by atoms with Crippen molar-refractivity contribution in [2.24, 2.45) is 11.7 Å². The van der Waals surface area contributed by atoms with Crippen LogP contribution in [0.1, 0.15) is 5.56 Å². The number of hydroxylamine groups is 2. The van der Waals surface area contributed by atoms with E-state index in [4.69, 9.17) is 34.1 Å². The molecule has 5 nitrogen and oxygen atoms in total. The second-order valence-corrected chi connectivity index (χ2v) is 4.59. The lowest BCUT2D eigenvalue weighted by Crippen LogP contribution is -2.35. The van der Waals surface area contributed by atoms with Crippen LogP contribution in [-0.2, 0) is 16.0 Å². The van der Waals surface area contributed by atoms with Gasteiger partial charge in [-0.3, -0.25) is 14.8 Å². The van der Waals surface area contributed by atoms with Gasteiger partial charge in [0, 0.05) is 0 Å². The molecular weight excluding hydrogens is 279 g/mol. The molecule has 0 saturated carbocycles. The molecule has 0 saturated heterocycles. The van der Waals surface area contributed by atoms with Crippen molar-refractivity contribution in [3.8, 4) is 0 Å². The number of rotatable bonds is 6. The Kier molecular flexibility index (Phi) is 5.40. The summed E-state index contributed by atoms with van der Waals surface area (Å²) >= 11 is 11.6. The van der Waals surface area contributed by atoms with Gasteiger partial charge < -0.3 is 5.73 Å². The molecule has 0 heterocycles. The standard InChI is InChI=1S/C11H12Cl2N2O3/c12-9-2-1-7(4-10(9)13)3-8(11(14)17)5-15(18)6-16/h1-2,4,6,8,18H,3,5H2,(H2,14,17). The molecule has 18 heavy (non-hydrogen) atoms. The summed E-state index contributed by atoms with van der Waals surface area (Å²) in [6, 6.07) is 4.92. The lowest BCUT2D eigenvalue weighted by molar-refractivity contribution is -0.154. The van der Waals surface area contributed by atoms with Gasteiger partial charge >= 0.3 is 0 Å². The quantitative estimate of drug-likeness (QED) is 0.473. The van der Waals surface area contributed by atoms with Gasteiger partial charge in [-0.1, -0.05) is 29.3 Å². The van der Waals surface area contributed by atoms with Gasteiger partial charge in [0.1, 0.15) is 0 Å². The Morgan fingerprint density at radius 3 is 2.61 bits per heavy atom. The number of hydrogen-bond acceptors (Lipinski definition) is 3. The maximum absolute atomic E-state index is 11.2. The number of carbonyl (C=O) groups excluding carboxylic acids is 2. The van der Waals surface area contributed by atoms with Gasteiger partial charge in [-0.2, -0.15) is 0 Å². The summed E-state index contributed by atoms with van der Waals surface area (Å²) in [5, 5.41) is 10.2. The average molecular weight is 291 g/mol. The zero-order valence-corrected chi connectivity index (χ0v) is 10.9. The monoisotopic (exact) mass is 290 g/mol. The number of nitrogens with zero attached hydrogens (tertiary/aromatic N) is 1. The second-order valence-electron chi connectivity index (χ2n) is 3.78. The van der Waals surface area contributed by atoms with E-state index in [9.17, 15) is 9.59 Å². The van der Waals surface area contributed by atoms with Crippen LogP contribution in [0.5, 0.6) is 0 Å². The Morgan fingerprint density at radius 2 is 2.11 bits per heavy atom. The van der Waals surface area contributed by atoms with Gasteiger partial charge in [-0.25, -0.2) is 5.06 Å². The van der Waals surface area contributed by atoms with Crippen LogP contribution < -0.4 is 5.73 Å². The maximum Gasteiger partial charge on any atom is 0.233 e. The molecule has 7 heteroatoms. The van der Waals surface area contributed by atoms with Gasteiger partial charge in [-0.15, -0.1) is 0 Å². The van der Waals surface area contributed by atoms with Crippen molar-refractivity contribution in [1.82, 2.24) is 5.06 Å². The fraction of sp³-hybridized carbons (Fsp3) is 0.273. The normalized spacial score (nSPS) is 11.9. The van der Waals surface area contributed by atoms with E-state index >= 15 is 0 Å². The van der Waals surface area contributed by atoms with Gasteiger partial charge in [-0.05, 0) is 24.1 Å². The first kappa shape index (κ1) is 14.8. The third-order valence-corrected chi connectivity index (χ3v) is 3.14. The van der Waals surface area contributed by atoms with Crippen LogP contribution in [0.25, 0.3) is 0 Å². The molecule has 0 aliphatic carbocycles. The fourth-order valence-corrected chi connectivity index (χ4v) is 1.80. The molecule has 2 amide bonds. The smallest absolute Gasteiger partial charge is 0.233 e. The molecule has 0 aliphatic rings. The summed E-state index contributed by atoms with van der Waals surface area (Å²) in [5.74, 6) is -1.31. The predicted molar refractivity (Wildman–Crippen MR) is 67.4 cm³/mol. The highest BCUT2D eigenvalue weighted by Crippen LogP contribution is 2.24. The number of hydrogen-bond donors (Lipinski definition) is 2.